The van der Waals surface area contributed by atoms with E-state index in [-0.39, 0.29) is 5.91 Å². The first kappa shape index (κ1) is 12.8. The molecule has 2 heterocycles. The number of nitrogens with one attached hydrogen (secondary N) is 1. The topological polar surface area (TPSA) is 77.2 Å². The molecule has 1 aromatic rings. The second-order valence-electron chi connectivity index (χ2n) is 4.53. The van der Waals surface area contributed by atoms with Gasteiger partial charge in [-0.1, -0.05) is 0 Å². The van der Waals surface area contributed by atoms with Crippen LogP contribution in [-0.4, -0.2) is 30.1 Å². The fourth-order valence-electron chi connectivity index (χ4n) is 2.01. The van der Waals surface area contributed by atoms with E-state index in [1.54, 1.807) is 18.3 Å². The van der Waals surface area contributed by atoms with Gasteiger partial charge in [0.1, 0.15) is 0 Å². The number of carbonyl (C=O) groups is 1. The number of nitrogens with zero attached hydrogens (tertiary/aromatic N) is 1. The van der Waals surface area contributed by atoms with Crippen LogP contribution in [0.3, 0.4) is 0 Å². The molecule has 1 atom stereocenters. The highest BCUT2D eigenvalue weighted by Gasteiger charge is 2.15. The van der Waals surface area contributed by atoms with Gasteiger partial charge in [-0.2, -0.15) is 0 Å². The zero-order chi connectivity index (χ0) is 12.8. The quantitative estimate of drug-likeness (QED) is 0.812. The summed E-state index contributed by atoms with van der Waals surface area (Å²) in [5.41, 5.74) is 6.87. The zero-order valence-corrected chi connectivity index (χ0v) is 10.4. The van der Waals surface area contributed by atoms with Gasteiger partial charge in [0.25, 0.3) is 0 Å². The fourth-order valence-corrected chi connectivity index (χ4v) is 2.01. The van der Waals surface area contributed by atoms with Crippen LogP contribution < -0.4 is 11.1 Å². The summed E-state index contributed by atoms with van der Waals surface area (Å²) in [6.07, 6.45) is 5.31. The second kappa shape index (κ2) is 6.35. The molecule has 0 spiro atoms. The van der Waals surface area contributed by atoms with Gasteiger partial charge in [0, 0.05) is 18.8 Å². The summed E-state index contributed by atoms with van der Waals surface area (Å²) in [6, 6.07) is 3.52. The van der Waals surface area contributed by atoms with Crippen molar-refractivity contribution in [3.63, 3.8) is 0 Å². The molecule has 3 N–H and O–H groups in total. The predicted octanol–water partition coefficient (Wildman–Crippen LogP) is 0.892. The number of anilines is 1. The Kier molecular flexibility index (Phi) is 4.52. The number of rotatable bonds is 5. The Morgan fingerprint density at radius 3 is 3.11 bits per heavy atom. The molecule has 0 saturated carbocycles. The Bertz CT molecular complexity index is 386. The molecule has 1 aliphatic rings. The van der Waals surface area contributed by atoms with Crippen LogP contribution in [0.2, 0.25) is 0 Å². The van der Waals surface area contributed by atoms with Gasteiger partial charge in [-0.3, -0.25) is 9.78 Å². The normalized spacial score (nSPS) is 18.8. The monoisotopic (exact) mass is 249 g/mol. The lowest BCUT2D eigenvalue weighted by molar-refractivity contribution is -0.120. The minimum atomic E-state index is -0.00901. The van der Waals surface area contributed by atoms with Crippen molar-refractivity contribution < 1.29 is 9.53 Å². The van der Waals surface area contributed by atoms with E-state index in [1.807, 2.05) is 0 Å². The Balaban J connectivity index is 1.66. The Labute approximate surface area is 107 Å². The van der Waals surface area contributed by atoms with E-state index in [4.69, 9.17) is 10.5 Å². The van der Waals surface area contributed by atoms with E-state index < -0.39 is 0 Å². The van der Waals surface area contributed by atoms with Crippen molar-refractivity contribution >= 4 is 11.6 Å². The molecule has 1 saturated heterocycles. The number of nitrogens with two attached hydrogens (primary N) is 1. The summed E-state index contributed by atoms with van der Waals surface area (Å²) in [5, 5.41) is 2.88. The highest BCUT2D eigenvalue weighted by atomic mass is 16.5. The van der Waals surface area contributed by atoms with Crippen molar-refractivity contribution in [2.24, 2.45) is 0 Å². The van der Waals surface area contributed by atoms with Crippen molar-refractivity contribution in [3.8, 4) is 0 Å². The molecule has 18 heavy (non-hydrogen) atoms. The maximum absolute atomic E-state index is 11.6. The van der Waals surface area contributed by atoms with Crippen molar-refractivity contribution in [1.29, 1.82) is 0 Å². The van der Waals surface area contributed by atoms with Crippen LogP contribution in [0.15, 0.2) is 18.3 Å². The number of pyridine rings is 1. The average molecular weight is 249 g/mol. The molecule has 1 aliphatic heterocycles. The molecule has 0 aliphatic carbocycles. The van der Waals surface area contributed by atoms with Crippen LogP contribution in [0.5, 0.6) is 0 Å². The van der Waals surface area contributed by atoms with Crippen LogP contribution in [0.25, 0.3) is 0 Å². The third-order valence-corrected chi connectivity index (χ3v) is 3.00. The van der Waals surface area contributed by atoms with E-state index >= 15 is 0 Å². The molecule has 2 rings (SSSR count). The Hall–Kier alpha value is -1.62. The van der Waals surface area contributed by atoms with E-state index in [9.17, 15) is 4.79 Å². The number of carbonyl (C=O) groups excluding carboxylic acids is 1. The van der Waals surface area contributed by atoms with Crippen molar-refractivity contribution in [1.82, 2.24) is 10.3 Å². The van der Waals surface area contributed by atoms with E-state index in [0.29, 0.717) is 24.8 Å². The highest BCUT2D eigenvalue weighted by Crippen LogP contribution is 2.14. The molecule has 98 valence electrons. The summed E-state index contributed by atoms with van der Waals surface area (Å²) < 4.78 is 5.49. The standard InChI is InChI=1S/C13H19N3O2/c14-10-3-4-11(16-9-10)8-13(17)15-6-5-12-2-1-7-18-12/h3-4,9,12H,1-2,5-8,14H2,(H,15,17). The lowest BCUT2D eigenvalue weighted by Gasteiger charge is -2.09. The first-order valence-electron chi connectivity index (χ1n) is 6.33. The molecule has 1 amide bonds. The summed E-state index contributed by atoms with van der Waals surface area (Å²) >= 11 is 0. The highest BCUT2D eigenvalue weighted by molar-refractivity contribution is 5.78. The number of hydrogen-bond donors (Lipinski definition) is 2. The number of amides is 1. The molecule has 1 aromatic heterocycles. The van der Waals surface area contributed by atoms with Gasteiger partial charge in [-0.25, -0.2) is 0 Å². The first-order chi connectivity index (χ1) is 8.74. The number of aromatic nitrogens is 1. The molecule has 1 fully saturated rings. The summed E-state index contributed by atoms with van der Waals surface area (Å²) in [5.74, 6) is -0.00901. The fraction of sp³-hybridized carbons (Fsp3) is 0.538. The van der Waals surface area contributed by atoms with Gasteiger partial charge in [0.2, 0.25) is 5.91 Å². The predicted molar refractivity (Wildman–Crippen MR) is 69.0 cm³/mol. The summed E-state index contributed by atoms with van der Waals surface area (Å²) in [4.78, 5) is 15.7. The largest absolute Gasteiger partial charge is 0.397 e. The van der Waals surface area contributed by atoms with Crippen LogP contribution in [0.4, 0.5) is 5.69 Å². The maximum Gasteiger partial charge on any atom is 0.226 e. The number of ether oxygens (including phenoxy) is 1. The van der Waals surface area contributed by atoms with Crippen LogP contribution in [0.1, 0.15) is 25.0 Å². The van der Waals surface area contributed by atoms with Gasteiger partial charge in [0.05, 0.1) is 24.4 Å². The third-order valence-electron chi connectivity index (χ3n) is 3.00. The molecule has 0 radical (unpaired) electrons. The van der Waals surface area contributed by atoms with E-state index in [2.05, 4.69) is 10.3 Å². The van der Waals surface area contributed by atoms with Crippen LogP contribution >= 0.6 is 0 Å². The van der Waals surface area contributed by atoms with Crippen LogP contribution in [-0.2, 0) is 16.0 Å². The lowest BCUT2D eigenvalue weighted by atomic mass is 10.2. The molecule has 1 unspecified atom stereocenters. The third kappa shape index (κ3) is 4.00. The molecule has 5 nitrogen and oxygen atoms in total. The Morgan fingerprint density at radius 1 is 1.56 bits per heavy atom. The number of hydrogen-bond acceptors (Lipinski definition) is 4. The average Bonchev–Trinajstić information content (AvgIpc) is 2.85. The molecule has 0 aromatic carbocycles. The summed E-state index contributed by atoms with van der Waals surface area (Å²) in [6.45, 7) is 1.52. The first-order valence-corrected chi connectivity index (χ1v) is 6.33. The van der Waals surface area contributed by atoms with Crippen molar-refractivity contribution in [2.45, 2.75) is 31.8 Å². The minimum Gasteiger partial charge on any atom is -0.397 e. The minimum absolute atomic E-state index is 0.00901. The Morgan fingerprint density at radius 2 is 2.44 bits per heavy atom. The van der Waals surface area contributed by atoms with Crippen molar-refractivity contribution in [3.05, 3.63) is 24.0 Å². The zero-order valence-electron chi connectivity index (χ0n) is 10.4. The van der Waals surface area contributed by atoms with Crippen molar-refractivity contribution in [2.75, 3.05) is 18.9 Å². The lowest BCUT2D eigenvalue weighted by Crippen LogP contribution is -2.28. The molecule has 0 bridgehead atoms. The van der Waals surface area contributed by atoms with E-state index in [1.165, 1.54) is 0 Å². The van der Waals surface area contributed by atoms with E-state index in [0.717, 1.165) is 31.6 Å². The van der Waals surface area contributed by atoms with Gasteiger partial charge in [-0.05, 0) is 31.4 Å². The second-order valence-corrected chi connectivity index (χ2v) is 4.53. The smallest absolute Gasteiger partial charge is 0.226 e. The van der Waals surface area contributed by atoms with Gasteiger partial charge < -0.3 is 15.8 Å². The molecular weight excluding hydrogens is 230 g/mol. The summed E-state index contributed by atoms with van der Waals surface area (Å²) in [7, 11) is 0. The van der Waals surface area contributed by atoms with Gasteiger partial charge in [0.15, 0.2) is 0 Å². The van der Waals surface area contributed by atoms with Crippen LogP contribution in [0, 0.1) is 0 Å². The maximum atomic E-state index is 11.6. The number of nitrogen functional groups attached to an aromatic ring is 1. The SMILES string of the molecule is Nc1ccc(CC(=O)NCCC2CCCO2)nc1. The molecular formula is C13H19N3O2. The van der Waals surface area contributed by atoms with Gasteiger partial charge >= 0.3 is 0 Å². The molecule has 5 heteroatoms. The van der Waals surface area contributed by atoms with Gasteiger partial charge in [-0.15, -0.1) is 0 Å².